The van der Waals surface area contributed by atoms with Crippen LogP contribution < -0.4 is 0 Å². The van der Waals surface area contributed by atoms with E-state index in [-0.39, 0.29) is 10.8 Å². The van der Waals surface area contributed by atoms with E-state index in [0.29, 0.717) is 5.92 Å². The van der Waals surface area contributed by atoms with Crippen LogP contribution in [0.5, 0.6) is 0 Å². The van der Waals surface area contributed by atoms with Gasteiger partial charge in [0.05, 0.1) is 22.1 Å². The summed E-state index contributed by atoms with van der Waals surface area (Å²) in [7, 11) is 0. The summed E-state index contributed by atoms with van der Waals surface area (Å²) >= 11 is 0. The fourth-order valence-electron chi connectivity index (χ4n) is 8.72. The summed E-state index contributed by atoms with van der Waals surface area (Å²) in [4.78, 5) is 0. The summed E-state index contributed by atoms with van der Waals surface area (Å²) in [5, 5.41) is 5.24. The van der Waals surface area contributed by atoms with Gasteiger partial charge in [-0.25, -0.2) is 0 Å². The highest BCUT2D eigenvalue weighted by atomic mass is 15.0. The van der Waals surface area contributed by atoms with Gasteiger partial charge in [0.2, 0.25) is 0 Å². The zero-order chi connectivity index (χ0) is 32.8. The van der Waals surface area contributed by atoms with E-state index in [0.717, 1.165) is 0 Å². The molecule has 7 rings (SSSR count). The first kappa shape index (κ1) is 31.3. The van der Waals surface area contributed by atoms with E-state index in [4.69, 9.17) is 0 Å². The predicted octanol–water partition coefficient (Wildman–Crippen LogP) is 13.4. The molecule has 0 aliphatic carbocycles. The van der Waals surface area contributed by atoms with Crippen LogP contribution in [-0.2, 0) is 0 Å². The van der Waals surface area contributed by atoms with Gasteiger partial charge in [-0.05, 0) is 77.3 Å². The molecule has 240 valence electrons. The zero-order valence-corrected chi connectivity index (χ0v) is 29.2. The molecule has 0 bridgehead atoms. The molecule has 2 heterocycles. The van der Waals surface area contributed by atoms with Crippen LogP contribution in [0.2, 0.25) is 0 Å². The first-order valence-corrected chi connectivity index (χ1v) is 18.0. The molecule has 0 spiro atoms. The predicted molar refractivity (Wildman–Crippen MR) is 204 cm³/mol. The van der Waals surface area contributed by atoms with Crippen molar-refractivity contribution in [1.29, 1.82) is 0 Å². The lowest BCUT2D eigenvalue weighted by molar-refractivity contribution is 0.0232. The highest BCUT2D eigenvalue weighted by molar-refractivity contribution is 6.10. The molecule has 2 aromatic heterocycles. The van der Waals surface area contributed by atoms with Gasteiger partial charge in [0, 0.05) is 32.9 Å². The van der Waals surface area contributed by atoms with Gasteiger partial charge in [0.25, 0.3) is 0 Å². The molecule has 2 atom stereocenters. The molecule has 2 heteroatoms. The van der Waals surface area contributed by atoms with Crippen molar-refractivity contribution >= 4 is 43.6 Å². The second kappa shape index (κ2) is 12.4. The van der Waals surface area contributed by atoms with Gasteiger partial charge >= 0.3 is 0 Å². The number of hydrogen-bond donors (Lipinski definition) is 0. The highest BCUT2D eigenvalue weighted by Crippen LogP contribution is 2.56. The maximum atomic E-state index is 2.59. The number of nitrogens with zero attached hydrogens (tertiary/aromatic N) is 2. The Morgan fingerprint density at radius 2 is 1.02 bits per heavy atom. The van der Waals surface area contributed by atoms with E-state index in [1.165, 1.54) is 99.1 Å². The third-order valence-corrected chi connectivity index (χ3v) is 12.3. The Morgan fingerprint density at radius 1 is 0.532 bits per heavy atom. The van der Waals surface area contributed by atoms with Crippen LogP contribution in [0.25, 0.3) is 55.0 Å². The average Bonchev–Trinajstić information content (AvgIpc) is 3.63. The molecule has 0 fully saturated rings. The lowest BCUT2D eigenvalue weighted by Gasteiger charge is -2.51. The maximum absolute atomic E-state index is 2.59. The van der Waals surface area contributed by atoms with Crippen molar-refractivity contribution in [1.82, 2.24) is 9.13 Å². The van der Waals surface area contributed by atoms with Crippen molar-refractivity contribution in [3.8, 4) is 11.4 Å². The van der Waals surface area contributed by atoms with Crippen LogP contribution in [-0.4, -0.2) is 9.13 Å². The van der Waals surface area contributed by atoms with Gasteiger partial charge in [0.15, 0.2) is 0 Å². The average molecular weight is 619 g/mol. The van der Waals surface area contributed by atoms with Crippen molar-refractivity contribution in [2.75, 3.05) is 0 Å². The molecule has 0 saturated heterocycles. The van der Waals surface area contributed by atoms with E-state index in [2.05, 4.69) is 166 Å². The Kier molecular flexibility index (Phi) is 8.25. The molecule has 47 heavy (non-hydrogen) atoms. The van der Waals surface area contributed by atoms with Crippen LogP contribution in [0.4, 0.5) is 0 Å². The summed E-state index contributed by atoms with van der Waals surface area (Å²) in [6.07, 6.45) is 7.57. The smallest absolute Gasteiger partial charge is 0.0541 e. The summed E-state index contributed by atoms with van der Waals surface area (Å²) in [6, 6.07) is 42.9. The third kappa shape index (κ3) is 5.00. The van der Waals surface area contributed by atoms with E-state index in [1.807, 2.05) is 0 Å². The van der Waals surface area contributed by atoms with Crippen molar-refractivity contribution in [3.05, 3.63) is 121 Å². The van der Waals surface area contributed by atoms with Gasteiger partial charge in [-0.2, -0.15) is 0 Å². The molecule has 2 unspecified atom stereocenters. The highest BCUT2D eigenvalue weighted by Gasteiger charge is 2.45. The van der Waals surface area contributed by atoms with Crippen LogP contribution in [0.1, 0.15) is 91.5 Å². The molecule has 0 aliphatic rings. The Hall–Kier alpha value is -4.30. The number of hydrogen-bond acceptors (Lipinski definition) is 0. The van der Waals surface area contributed by atoms with E-state index in [9.17, 15) is 0 Å². The summed E-state index contributed by atoms with van der Waals surface area (Å²) in [5.74, 6) is 0.453. The molecule has 5 aromatic carbocycles. The Labute approximate surface area is 281 Å². The summed E-state index contributed by atoms with van der Waals surface area (Å²) < 4.78 is 4.89. The monoisotopic (exact) mass is 618 g/mol. The fraction of sp³-hybridized carbons (Fsp3) is 0.333. The van der Waals surface area contributed by atoms with E-state index < -0.39 is 0 Å². The SMILES string of the molecule is CCCCCC(C)(C(C)c1ccc2c(c1)c1ccccc1n2-c1cccc(-n2c3ccccc3c3ccccc32)c1)C(C)(CC)CC. The topological polar surface area (TPSA) is 9.86 Å². The van der Waals surface area contributed by atoms with Crippen molar-refractivity contribution < 1.29 is 0 Å². The van der Waals surface area contributed by atoms with E-state index in [1.54, 1.807) is 0 Å². The van der Waals surface area contributed by atoms with Gasteiger partial charge < -0.3 is 9.13 Å². The van der Waals surface area contributed by atoms with Gasteiger partial charge in [-0.15, -0.1) is 0 Å². The van der Waals surface area contributed by atoms with Gasteiger partial charge in [-0.3, -0.25) is 0 Å². The molecule has 2 nitrogen and oxygen atoms in total. The third-order valence-electron chi connectivity index (χ3n) is 12.3. The molecule has 0 aliphatic heterocycles. The number of fused-ring (bicyclic) bond motifs is 6. The van der Waals surface area contributed by atoms with Gasteiger partial charge in [0.1, 0.15) is 0 Å². The lowest BCUT2D eigenvalue weighted by Crippen LogP contribution is -2.41. The van der Waals surface area contributed by atoms with E-state index >= 15 is 0 Å². The molecule has 7 aromatic rings. The first-order chi connectivity index (χ1) is 22.8. The Balaban J connectivity index is 1.38. The molecule has 0 N–H and O–H groups in total. The molecular weight excluding hydrogens is 569 g/mol. The number of aromatic nitrogens is 2. The lowest BCUT2D eigenvalue weighted by atomic mass is 9.54. The number of para-hydroxylation sites is 3. The Bertz CT molecular complexity index is 2140. The molecule has 0 amide bonds. The normalized spacial score (nSPS) is 14.3. The zero-order valence-electron chi connectivity index (χ0n) is 29.2. The largest absolute Gasteiger partial charge is 0.309 e. The van der Waals surface area contributed by atoms with Crippen molar-refractivity contribution in [3.63, 3.8) is 0 Å². The Morgan fingerprint density at radius 3 is 1.53 bits per heavy atom. The number of rotatable bonds is 11. The van der Waals surface area contributed by atoms with Crippen molar-refractivity contribution in [2.45, 2.75) is 86.0 Å². The first-order valence-electron chi connectivity index (χ1n) is 18.0. The molecule has 0 saturated carbocycles. The van der Waals surface area contributed by atoms with Gasteiger partial charge in [-0.1, -0.05) is 140 Å². The van der Waals surface area contributed by atoms with Crippen LogP contribution >= 0.6 is 0 Å². The summed E-state index contributed by atoms with van der Waals surface area (Å²) in [5.41, 5.74) is 9.33. The minimum absolute atomic E-state index is 0.217. The quantitative estimate of drug-likeness (QED) is 0.128. The number of benzene rings is 5. The standard InChI is InChI=1S/C45H50N2/c1-7-10-17-29-45(6,44(5,8-2)9-3)32(4)33-27-28-43-39(30-33)38-23-13-16-26-42(38)47(43)35-20-18-19-34(31-35)46-40-24-14-11-21-36(40)37-22-12-15-25-41(37)46/h11-16,18-28,30-32H,7-10,17,29H2,1-6H3. The minimum atomic E-state index is 0.217. The second-order valence-corrected chi connectivity index (χ2v) is 14.4. The van der Waals surface area contributed by atoms with Crippen molar-refractivity contribution in [2.24, 2.45) is 10.8 Å². The molecular formula is C45H50N2. The minimum Gasteiger partial charge on any atom is -0.309 e. The van der Waals surface area contributed by atoms with Crippen LogP contribution in [0.15, 0.2) is 115 Å². The van der Waals surface area contributed by atoms with Crippen LogP contribution in [0, 0.1) is 10.8 Å². The molecule has 0 radical (unpaired) electrons. The maximum Gasteiger partial charge on any atom is 0.0541 e. The number of unbranched alkanes of at least 4 members (excludes halogenated alkanes) is 2. The van der Waals surface area contributed by atoms with Crippen LogP contribution in [0.3, 0.4) is 0 Å². The summed E-state index contributed by atoms with van der Waals surface area (Å²) in [6.45, 7) is 14.8. The second-order valence-electron chi connectivity index (χ2n) is 14.4. The fourth-order valence-corrected chi connectivity index (χ4v) is 8.72.